The second-order valence-corrected chi connectivity index (χ2v) is 11.2. The lowest BCUT2D eigenvalue weighted by molar-refractivity contribution is -0.144. The van der Waals surface area contributed by atoms with Crippen molar-refractivity contribution in [3.63, 3.8) is 0 Å². The average Bonchev–Trinajstić information content (AvgIpc) is 2.88. The topological polar surface area (TPSA) is 149 Å². The fourth-order valence-corrected chi connectivity index (χ4v) is 4.95. The van der Waals surface area contributed by atoms with E-state index in [4.69, 9.17) is 5.11 Å². The predicted molar refractivity (Wildman–Crippen MR) is 152 cm³/mol. The Morgan fingerprint density at radius 1 is 0.538 bits per heavy atom. The highest BCUT2D eigenvalue weighted by atomic mass is 16.5. The molecule has 0 rings (SSSR count). The van der Waals surface area contributed by atoms with Crippen LogP contribution in [0.5, 0.6) is 0 Å². The highest BCUT2D eigenvalue weighted by Gasteiger charge is 2.24. The number of carbonyl (C=O) groups is 4. The summed E-state index contributed by atoms with van der Waals surface area (Å²) in [6, 6.07) is 0. The van der Waals surface area contributed by atoms with Gasteiger partial charge in [0, 0.05) is 38.0 Å². The molecule has 0 aromatic heterocycles. The van der Waals surface area contributed by atoms with E-state index >= 15 is 0 Å². The summed E-state index contributed by atoms with van der Waals surface area (Å²) in [5.41, 5.74) is 0. The van der Waals surface area contributed by atoms with Crippen LogP contribution in [0.15, 0.2) is 0 Å². The summed E-state index contributed by atoms with van der Waals surface area (Å²) >= 11 is 0. The Morgan fingerprint density at radius 3 is 1.28 bits per heavy atom. The minimum absolute atomic E-state index is 0.00831. The SMILES string of the molecule is CCC(CC(=O)CCC(CC(=O)CCCCCCCCCCCCCCCCCCC(=O)O)C(=O)O)C(O)O. The molecule has 0 aliphatic heterocycles. The summed E-state index contributed by atoms with van der Waals surface area (Å²) in [4.78, 5) is 46.3. The van der Waals surface area contributed by atoms with E-state index in [-0.39, 0.29) is 37.2 Å². The summed E-state index contributed by atoms with van der Waals surface area (Å²) < 4.78 is 0. The highest BCUT2D eigenvalue weighted by Crippen LogP contribution is 2.20. The van der Waals surface area contributed by atoms with Crippen LogP contribution >= 0.6 is 0 Å². The van der Waals surface area contributed by atoms with Gasteiger partial charge in [0.2, 0.25) is 0 Å². The molecular formula is C31H56O8. The molecule has 0 amide bonds. The van der Waals surface area contributed by atoms with Gasteiger partial charge in [0.05, 0.1) is 5.92 Å². The van der Waals surface area contributed by atoms with Crippen LogP contribution in [-0.4, -0.2) is 50.2 Å². The van der Waals surface area contributed by atoms with Crippen LogP contribution in [0.4, 0.5) is 0 Å². The average molecular weight is 557 g/mol. The Kier molecular flexibility index (Phi) is 24.0. The van der Waals surface area contributed by atoms with Crippen LogP contribution in [0.3, 0.4) is 0 Å². The number of carbonyl (C=O) groups excluding carboxylic acids is 2. The second kappa shape index (κ2) is 25.2. The first-order chi connectivity index (χ1) is 18.7. The van der Waals surface area contributed by atoms with Gasteiger partial charge in [-0.15, -0.1) is 0 Å². The van der Waals surface area contributed by atoms with E-state index in [0.29, 0.717) is 19.3 Å². The van der Waals surface area contributed by atoms with Crippen molar-refractivity contribution in [3.05, 3.63) is 0 Å². The zero-order chi connectivity index (χ0) is 29.3. The molecule has 0 bridgehead atoms. The molecule has 0 saturated carbocycles. The first-order valence-electron chi connectivity index (χ1n) is 15.5. The third-order valence-corrected chi connectivity index (χ3v) is 7.63. The Labute approximate surface area is 236 Å². The number of hydrogen-bond acceptors (Lipinski definition) is 6. The molecule has 0 aromatic rings. The largest absolute Gasteiger partial charge is 0.481 e. The molecule has 0 aliphatic carbocycles. The van der Waals surface area contributed by atoms with E-state index in [1.54, 1.807) is 6.92 Å². The van der Waals surface area contributed by atoms with Gasteiger partial charge in [-0.25, -0.2) is 0 Å². The number of aliphatic hydroxyl groups is 2. The minimum atomic E-state index is -1.56. The molecule has 0 aliphatic rings. The molecular weight excluding hydrogens is 500 g/mol. The van der Waals surface area contributed by atoms with E-state index in [1.807, 2.05) is 0 Å². The maximum Gasteiger partial charge on any atom is 0.306 e. The molecule has 2 atom stereocenters. The van der Waals surface area contributed by atoms with Gasteiger partial charge in [-0.1, -0.05) is 96.8 Å². The third-order valence-electron chi connectivity index (χ3n) is 7.63. The number of hydrogen-bond donors (Lipinski definition) is 4. The highest BCUT2D eigenvalue weighted by molar-refractivity contribution is 5.84. The van der Waals surface area contributed by atoms with E-state index in [2.05, 4.69) is 0 Å². The van der Waals surface area contributed by atoms with Gasteiger partial charge in [-0.05, 0) is 25.7 Å². The number of carboxylic acid groups (broad SMARTS) is 2. The quantitative estimate of drug-likeness (QED) is 0.0578. The second-order valence-electron chi connectivity index (χ2n) is 11.2. The van der Waals surface area contributed by atoms with Gasteiger partial charge in [0.1, 0.15) is 11.6 Å². The van der Waals surface area contributed by atoms with Crippen LogP contribution in [0.2, 0.25) is 0 Å². The van der Waals surface area contributed by atoms with Crippen molar-refractivity contribution in [1.82, 2.24) is 0 Å². The molecule has 228 valence electrons. The summed E-state index contributed by atoms with van der Waals surface area (Å²) in [5.74, 6) is -3.43. The van der Waals surface area contributed by atoms with Gasteiger partial charge in [-0.3, -0.25) is 19.2 Å². The summed E-state index contributed by atoms with van der Waals surface area (Å²) in [6.07, 6.45) is 18.0. The lowest BCUT2D eigenvalue weighted by Crippen LogP contribution is -2.23. The number of unbranched alkanes of at least 4 members (excludes halogenated alkanes) is 15. The van der Waals surface area contributed by atoms with Gasteiger partial charge in [-0.2, -0.15) is 0 Å². The molecule has 0 aromatic carbocycles. The molecule has 0 radical (unpaired) electrons. The number of carboxylic acids is 2. The van der Waals surface area contributed by atoms with Gasteiger partial charge < -0.3 is 20.4 Å². The van der Waals surface area contributed by atoms with Crippen molar-refractivity contribution in [2.45, 2.75) is 161 Å². The Bertz CT molecular complexity index is 661. The fourth-order valence-electron chi connectivity index (χ4n) is 4.95. The standard InChI is InChI=1S/C31H56O8/c1-2-25(30(36)37)23-28(33)22-21-26(31(38)39)24-27(32)19-17-15-13-11-9-7-5-3-4-6-8-10-12-14-16-18-20-29(34)35/h25-26,30,36-37H,2-24H2,1H3,(H,34,35)(H,38,39). The van der Waals surface area contributed by atoms with Gasteiger partial charge in [0.25, 0.3) is 0 Å². The number of aliphatic hydroxyl groups excluding tert-OH is 1. The maximum absolute atomic E-state index is 12.3. The Morgan fingerprint density at radius 2 is 0.923 bits per heavy atom. The normalized spacial score (nSPS) is 12.9. The van der Waals surface area contributed by atoms with Crippen LogP contribution in [-0.2, 0) is 19.2 Å². The van der Waals surface area contributed by atoms with Crippen molar-refractivity contribution >= 4 is 23.5 Å². The molecule has 2 unspecified atom stereocenters. The molecule has 0 heterocycles. The van der Waals surface area contributed by atoms with Crippen molar-refractivity contribution < 1.29 is 39.6 Å². The minimum Gasteiger partial charge on any atom is -0.481 e. The Hall–Kier alpha value is -1.80. The molecule has 0 spiro atoms. The first kappa shape index (κ1) is 37.2. The summed E-state index contributed by atoms with van der Waals surface area (Å²) in [6.45, 7) is 1.76. The predicted octanol–water partition coefficient (Wildman–Crippen LogP) is 6.83. The number of ketones is 2. The molecule has 0 fully saturated rings. The van der Waals surface area contributed by atoms with Crippen molar-refractivity contribution in [2.24, 2.45) is 11.8 Å². The number of rotatable bonds is 29. The van der Waals surface area contributed by atoms with Gasteiger partial charge in [0.15, 0.2) is 6.29 Å². The molecule has 39 heavy (non-hydrogen) atoms. The van der Waals surface area contributed by atoms with Gasteiger partial charge >= 0.3 is 11.9 Å². The fraction of sp³-hybridized carbons (Fsp3) is 0.871. The van der Waals surface area contributed by atoms with Crippen LogP contribution < -0.4 is 0 Å². The van der Waals surface area contributed by atoms with E-state index in [0.717, 1.165) is 44.9 Å². The van der Waals surface area contributed by atoms with Crippen LogP contribution in [0.25, 0.3) is 0 Å². The zero-order valence-electron chi connectivity index (χ0n) is 24.4. The molecule has 0 saturated heterocycles. The number of Topliss-reactive ketones (excluding diaryl/α,β-unsaturated/α-hetero) is 2. The van der Waals surface area contributed by atoms with Crippen molar-refractivity contribution in [3.8, 4) is 0 Å². The smallest absolute Gasteiger partial charge is 0.306 e. The lowest BCUT2D eigenvalue weighted by atomic mass is 9.91. The van der Waals surface area contributed by atoms with E-state index in [9.17, 15) is 34.5 Å². The van der Waals surface area contributed by atoms with Crippen LogP contribution in [0, 0.1) is 11.8 Å². The first-order valence-corrected chi connectivity index (χ1v) is 15.5. The van der Waals surface area contributed by atoms with E-state index < -0.39 is 30.1 Å². The molecule has 8 heteroatoms. The van der Waals surface area contributed by atoms with Crippen molar-refractivity contribution in [2.75, 3.05) is 0 Å². The van der Waals surface area contributed by atoms with Crippen LogP contribution in [0.1, 0.15) is 155 Å². The summed E-state index contributed by atoms with van der Waals surface area (Å²) in [7, 11) is 0. The van der Waals surface area contributed by atoms with E-state index in [1.165, 1.54) is 57.8 Å². The zero-order valence-corrected chi connectivity index (χ0v) is 24.4. The Balaban J connectivity index is 3.66. The summed E-state index contributed by atoms with van der Waals surface area (Å²) in [5, 5.41) is 36.5. The molecule has 4 N–H and O–H groups in total. The number of aliphatic carboxylic acids is 2. The third kappa shape index (κ3) is 23.8. The monoisotopic (exact) mass is 556 g/mol. The van der Waals surface area contributed by atoms with Crippen molar-refractivity contribution in [1.29, 1.82) is 0 Å². The molecule has 8 nitrogen and oxygen atoms in total. The lowest BCUT2D eigenvalue weighted by Gasteiger charge is -2.16. The maximum atomic E-state index is 12.3.